The van der Waals surface area contributed by atoms with Gasteiger partial charge in [-0.25, -0.2) is 0 Å². The van der Waals surface area contributed by atoms with Crippen molar-refractivity contribution >= 4 is 27.8 Å². The number of hydrogen-bond acceptors (Lipinski definition) is 0. The summed E-state index contributed by atoms with van der Waals surface area (Å²) in [5.74, 6) is 0.495. The number of unbranched alkanes of at least 4 members (excludes halogenated alkanes) is 1. The first-order chi connectivity index (χ1) is 15.3. The Hall–Kier alpha value is -0.487. The Morgan fingerprint density at radius 2 is 1.42 bits per heavy atom. The van der Waals surface area contributed by atoms with Crippen LogP contribution in [0.3, 0.4) is 0 Å². The molecule has 0 bridgehead atoms. The summed E-state index contributed by atoms with van der Waals surface area (Å²) in [6, 6.07) is 16.9. The number of aryl methyl sites for hydroxylation is 1. The third-order valence-electron chi connectivity index (χ3n) is 6.38. The van der Waals surface area contributed by atoms with Crippen molar-refractivity contribution in [2.24, 2.45) is 0 Å². The van der Waals surface area contributed by atoms with Crippen LogP contribution < -0.4 is 0 Å². The molecule has 0 radical (unpaired) electrons. The summed E-state index contributed by atoms with van der Waals surface area (Å²) in [6.07, 6.45) is 3.68. The van der Waals surface area contributed by atoms with Gasteiger partial charge in [-0.1, -0.05) is 104 Å². The van der Waals surface area contributed by atoms with E-state index in [9.17, 15) is 0 Å². The summed E-state index contributed by atoms with van der Waals surface area (Å²) in [6.45, 7) is 20.9. The molecule has 0 atom stereocenters. The van der Waals surface area contributed by atoms with E-state index in [0.717, 1.165) is 0 Å². The predicted octanol–water partition coefficient (Wildman–Crippen LogP) is 10.7. The Morgan fingerprint density at radius 3 is 1.88 bits per heavy atom. The van der Waals surface area contributed by atoms with E-state index >= 15 is 0 Å². The fourth-order valence-electron chi connectivity index (χ4n) is 4.33. The van der Waals surface area contributed by atoms with Crippen LogP contribution in [-0.2, 0) is 38.1 Å². The monoisotopic (exact) mass is 561 g/mol. The topological polar surface area (TPSA) is 0 Å². The number of hydrogen-bond donors (Lipinski definition) is 0. The van der Waals surface area contributed by atoms with E-state index in [1.807, 2.05) is 0 Å². The first kappa shape index (κ1) is 28.7. The van der Waals surface area contributed by atoms with Crippen LogP contribution in [0.4, 0.5) is 0 Å². The van der Waals surface area contributed by atoms with Crippen LogP contribution in [0.2, 0.25) is 0 Å². The van der Waals surface area contributed by atoms with Gasteiger partial charge in [0.25, 0.3) is 0 Å². The van der Waals surface area contributed by atoms with Crippen molar-refractivity contribution in [2.75, 3.05) is 0 Å². The number of fused-ring (bicyclic) bond motifs is 1. The molecule has 3 heteroatoms. The Bertz CT molecular complexity index is 1010. The second-order valence-electron chi connectivity index (χ2n) is 11.5. The Morgan fingerprint density at radius 1 is 0.879 bits per heavy atom. The van der Waals surface area contributed by atoms with E-state index in [4.69, 9.17) is 17.0 Å². The molecule has 0 amide bonds. The third-order valence-corrected chi connectivity index (χ3v) is 6.38. The van der Waals surface area contributed by atoms with Crippen molar-refractivity contribution in [3.8, 4) is 11.1 Å². The molecule has 3 aromatic carbocycles. The molecule has 0 nitrogen and oxygen atoms in total. The molecule has 0 aliphatic rings. The van der Waals surface area contributed by atoms with Gasteiger partial charge in [0.2, 0.25) is 0 Å². The Kier molecular flexibility index (Phi) is 10.4. The SMILES string of the molecule is CCCCc1cc2c(-c3cc(C(C)(C)C)cc(C(C)(C)C)c3)c(C(C)C)ccc2[cH-]1.[Cl][Zr][Cl]. The fourth-order valence-corrected chi connectivity index (χ4v) is 4.33. The minimum absolute atomic E-state index is 0.125. The molecule has 180 valence electrons. The average molecular weight is 564 g/mol. The molecule has 0 fully saturated rings. The van der Waals surface area contributed by atoms with Gasteiger partial charge in [0.05, 0.1) is 0 Å². The van der Waals surface area contributed by atoms with Gasteiger partial charge in [0.15, 0.2) is 0 Å². The third kappa shape index (κ3) is 7.50. The van der Waals surface area contributed by atoms with Crippen molar-refractivity contribution < 1.29 is 20.8 Å². The molecular weight excluding hydrogens is 522 g/mol. The molecule has 0 spiro atoms. The molecule has 3 rings (SSSR count). The number of halogens is 2. The van der Waals surface area contributed by atoms with Gasteiger partial charge in [-0.3, -0.25) is 0 Å². The normalized spacial score (nSPS) is 12.1. The van der Waals surface area contributed by atoms with Gasteiger partial charge < -0.3 is 0 Å². The van der Waals surface area contributed by atoms with Gasteiger partial charge >= 0.3 is 37.9 Å². The molecule has 0 aliphatic carbocycles. The molecule has 0 unspecified atom stereocenters. The van der Waals surface area contributed by atoms with Gasteiger partial charge in [0, 0.05) is 0 Å². The molecule has 0 saturated heterocycles. The second kappa shape index (κ2) is 12.0. The molecule has 3 aromatic rings. The number of rotatable bonds is 5. The first-order valence-electron chi connectivity index (χ1n) is 12.2. The van der Waals surface area contributed by atoms with Crippen molar-refractivity contribution in [1.82, 2.24) is 0 Å². The Labute approximate surface area is 221 Å². The van der Waals surface area contributed by atoms with Crippen LogP contribution >= 0.6 is 17.0 Å². The molecule has 0 aliphatic heterocycles. The fraction of sp³-hybridized carbons (Fsp3) is 0.500. The summed E-state index contributed by atoms with van der Waals surface area (Å²) in [5.41, 5.74) is 8.87. The second-order valence-corrected chi connectivity index (χ2v) is 15.3. The van der Waals surface area contributed by atoms with Gasteiger partial charge in [0.1, 0.15) is 0 Å². The summed E-state index contributed by atoms with van der Waals surface area (Å²) in [4.78, 5) is 0. The quantitative estimate of drug-likeness (QED) is 0.271. The molecular formula is C30H41Cl2Zr-. The van der Waals surface area contributed by atoms with Crippen molar-refractivity contribution in [2.45, 2.75) is 98.3 Å². The zero-order valence-electron chi connectivity index (χ0n) is 22.0. The molecule has 0 heterocycles. The van der Waals surface area contributed by atoms with Gasteiger partial charge in [-0.05, 0) is 39.9 Å². The van der Waals surface area contributed by atoms with Crippen LogP contribution in [0.15, 0.2) is 42.5 Å². The maximum atomic E-state index is 4.93. The summed E-state index contributed by atoms with van der Waals surface area (Å²) < 4.78 is 0. The van der Waals surface area contributed by atoms with E-state index in [1.54, 1.807) is 0 Å². The van der Waals surface area contributed by atoms with Crippen LogP contribution in [-0.4, -0.2) is 0 Å². The van der Waals surface area contributed by atoms with E-state index in [2.05, 4.69) is 105 Å². The van der Waals surface area contributed by atoms with Gasteiger partial charge in [-0.2, -0.15) is 6.07 Å². The summed E-state index contributed by atoms with van der Waals surface area (Å²) in [5, 5.41) is 2.82. The Balaban J connectivity index is 0.00000122. The summed E-state index contributed by atoms with van der Waals surface area (Å²) >= 11 is -0.826. The molecule has 33 heavy (non-hydrogen) atoms. The van der Waals surface area contributed by atoms with Crippen LogP contribution in [0.1, 0.15) is 103 Å². The van der Waals surface area contributed by atoms with Crippen molar-refractivity contribution in [3.05, 3.63) is 64.7 Å². The molecule has 0 aromatic heterocycles. The number of benzene rings is 2. The maximum absolute atomic E-state index is 4.93. The van der Waals surface area contributed by atoms with E-state index < -0.39 is 20.8 Å². The first-order valence-corrected chi connectivity index (χ1v) is 18.5. The standard InChI is InChI=1S/C30H41.2ClH.Zr/c1-10-11-12-21-15-22-13-14-26(20(2)3)28(27(22)16-21)23-17-24(29(4,5)6)19-25(18-23)30(7,8)9;;;/h13-20H,10-12H2,1-9H3;2*1H;/q-1;;;+2/p-2. The van der Waals surface area contributed by atoms with E-state index in [1.165, 1.54) is 63.4 Å². The summed E-state index contributed by atoms with van der Waals surface area (Å²) in [7, 11) is 9.87. The van der Waals surface area contributed by atoms with E-state index in [-0.39, 0.29) is 10.8 Å². The van der Waals surface area contributed by atoms with Crippen LogP contribution in [0, 0.1) is 0 Å². The van der Waals surface area contributed by atoms with E-state index in [0.29, 0.717) is 5.92 Å². The van der Waals surface area contributed by atoms with Crippen molar-refractivity contribution in [3.63, 3.8) is 0 Å². The van der Waals surface area contributed by atoms with Crippen LogP contribution in [0.25, 0.3) is 21.9 Å². The minimum atomic E-state index is -0.826. The molecule has 0 N–H and O–H groups in total. The van der Waals surface area contributed by atoms with Crippen molar-refractivity contribution in [1.29, 1.82) is 0 Å². The average Bonchev–Trinajstić information content (AvgIpc) is 3.13. The van der Waals surface area contributed by atoms with Crippen LogP contribution in [0.5, 0.6) is 0 Å². The zero-order valence-corrected chi connectivity index (χ0v) is 26.0. The van der Waals surface area contributed by atoms with Gasteiger partial charge in [-0.15, -0.1) is 34.5 Å². The zero-order chi connectivity index (χ0) is 25.0. The molecule has 0 saturated carbocycles. The predicted molar refractivity (Wildman–Crippen MR) is 147 cm³/mol.